The monoisotopic (exact) mass is 219 g/mol. The van der Waals surface area contributed by atoms with Crippen molar-refractivity contribution in [3.63, 3.8) is 0 Å². The Morgan fingerprint density at radius 2 is 2.12 bits per heavy atom. The quantitative estimate of drug-likeness (QED) is 0.826. The first-order valence-corrected chi connectivity index (χ1v) is 5.70. The molecule has 1 aliphatic heterocycles. The van der Waals surface area contributed by atoms with Crippen LogP contribution in [0.4, 0.5) is 0 Å². The van der Waals surface area contributed by atoms with Gasteiger partial charge in [0.15, 0.2) is 0 Å². The zero-order valence-corrected chi connectivity index (χ0v) is 9.35. The van der Waals surface area contributed by atoms with E-state index in [4.69, 9.17) is 5.73 Å². The van der Waals surface area contributed by atoms with E-state index in [2.05, 4.69) is 4.98 Å². The highest BCUT2D eigenvalue weighted by Gasteiger charge is 2.17. The van der Waals surface area contributed by atoms with Crippen LogP contribution in [0.3, 0.4) is 0 Å². The Kier molecular flexibility index (Phi) is 3.51. The molecular weight excluding hydrogens is 202 g/mol. The van der Waals surface area contributed by atoms with Crippen LogP contribution in [0.1, 0.15) is 30.4 Å². The van der Waals surface area contributed by atoms with Gasteiger partial charge in [0.2, 0.25) is 5.91 Å². The molecule has 1 saturated heterocycles. The van der Waals surface area contributed by atoms with Crippen molar-refractivity contribution < 1.29 is 4.79 Å². The van der Waals surface area contributed by atoms with Crippen LogP contribution in [-0.2, 0) is 17.9 Å². The van der Waals surface area contributed by atoms with Crippen molar-refractivity contribution >= 4 is 5.91 Å². The van der Waals surface area contributed by atoms with E-state index in [1.807, 2.05) is 11.0 Å². The minimum atomic E-state index is 0.254. The molecule has 0 saturated carbocycles. The maximum absolute atomic E-state index is 11.6. The van der Waals surface area contributed by atoms with Crippen molar-refractivity contribution in [3.8, 4) is 0 Å². The second-order valence-electron chi connectivity index (χ2n) is 4.18. The summed E-state index contributed by atoms with van der Waals surface area (Å²) in [6.45, 7) is 2.03. The van der Waals surface area contributed by atoms with Gasteiger partial charge in [0.05, 0.1) is 0 Å². The molecule has 4 heteroatoms. The smallest absolute Gasteiger partial charge is 0.222 e. The summed E-state index contributed by atoms with van der Waals surface area (Å²) < 4.78 is 0. The first-order valence-electron chi connectivity index (χ1n) is 5.70. The van der Waals surface area contributed by atoms with Crippen molar-refractivity contribution in [3.05, 3.63) is 29.6 Å². The van der Waals surface area contributed by atoms with Crippen LogP contribution in [0.2, 0.25) is 0 Å². The van der Waals surface area contributed by atoms with Crippen LogP contribution in [0.15, 0.2) is 18.5 Å². The largest absolute Gasteiger partial charge is 0.338 e. The van der Waals surface area contributed by atoms with Crippen LogP contribution in [-0.4, -0.2) is 22.3 Å². The number of pyridine rings is 1. The maximum Gasteiger partial charge on any atom is 0.222 e. The van der Waals surface area contributed by atoms with E-state index in [0.717, 1.165) is 30.5 Å². The second kappa shape index (κ2) is 5.07. The Hall–Kier alpha value is -1.42. The van der Waals surface area contributed by atoms with Crippen LogP contribution in [0, 0.1) is 0 Å². The lowest BCUT2D eigenvalue weighted by Gasteiger charge is -2.26. The minimum absolute atomic E-state index is 0.254. The number of aromatic nitrogens is 1. The van der Waals surface area contributed by atoms with Gasteiger partial charge in [-0.05, 0) is 30.0 Å². The van der Waals surface area contributed by atoms with E-state index in [1.54, 1.807) is 12.4 Å². The van der Waals surface area contributed by atoms with Gasteiger partial charge in [0.25, 0.3) is 0 Å². The molecule has 86 valence electrons. The molecule has 1 aromatic heterocycles. The van der Waals surface area contributed by atoms with Gasteiger partial charge in [-0.25, -0.2) is 0 Å². The molecule has 2 rings (SSSR count). The molecule has 0 spiro atoms. The number of piperidine rings is 1. The average Bonchev–Trinajstić information content (AvgIpc) is 2.32. The van der Waals surface area contributed by atoms with Crippen LogP contribution >= 0.6 is 0 Å². The molecule has 0 unspecified atom stereocenters. The fourth-order valence-electron chi connectivity index (χ4n) is 1.99. The summed E-state index contributed by atoms with van der Waals surface area (Å²) in [4.78, 5) is 17.7. The number of rotatable bonds is 3. The van der Waals surface area contributed by atoms with Gasteiger partial charge in [-0.3, -0.25) is 9.78 Å². The fourth-order valence-corrected chi connectivity index (χ4v) is 1.99. The van der Waals surface area contributed by atoms with Gasteiger partial charge in [0, 0.05) is 38.4 Å². The Labute approximate surface area is 95.5 Å². The van der Waals surface area contributed by atoms with Crippen molar-refractivity contribution in [1.82, 2.24) is 9.88 Å². The third-order valence-corrected chi connectivity index (χ3v) is 2.88. The summed E-state index contributed by atoms with van der Waals surface area (Å²) in [6.07, 6.45) is 6.39. The van der Waals surface area contributed by atoms with Crippen LogP contribution < -0.4 is 5.73 Å². The summed E-state index contributed by atoms with van der Waals surface area (Å²) in [7, 11) is 0. The zero-order valence-electron chi connectivity index (χ0n) is 9.35. The highest BCUT2D eigenvalue weighted by molar-refractivity contribution is 5.76. The molecule has 2 N–H and O–H groups in total. The number of hydrogen-bond acceptors (Lipinski definition) is 3. The maximum atomic E-state index is 11.6. The summed E-state index contributed by atoms with van der Waals surface area (Å²) in [5, 5.41) is 0. The van der Waals surface area contributed by atoms with Crippen molar-refractivity contribution in [1.29, 1.82) is 0 Å². The van der Waals surface area contributed by atoms with E-state index in [9.17, 15) is 4.79 Å². The topological polar surface area (TPSA) is 59.2 Å². The first-order chi connectivity index (χ1) is 7.79. The number of hydrogen-bond donors (Lipinski definition) is 1. The van der Waals surface area contributed by atoms with E-state index in [0.29, 0.717) is 19.5 Å². The number of nitrogens with zero attached hydrogens (tertiary/aromatic N) is 2. The number of amides is 1. The standard InChI is InChI=1S/C12H17N3O/c13-6-10-5-11(8-14-7-10)9-15-4-2-1-3-12(15)16/h5,7-8H,1-4,6,9,13H2. The van der Waals surface area contributed by atoms with E-state index < -0.39 is 0 Å². The molecular formula is C12H17N3O. The van der Waals surface area contributed by atoms with Crippen molar-refractivity contribution in [2.24, 2.45) is 5.73 Å². The predicted octanol–water partition coefficient (Wildman–Crippen LogP) is 1.05. The minimum Gasteiger partial charge on any atom is -0.338 e. The number of nitrogens with two attached hydrogens (primary N) is 1. The molecule has 16 heavy (non-hydrogen) atoms. The lowest BCUT2D eigenvalue weighted by molar-refractivity contribution is -0.133. The molecule has 0 bridgehead atoms. The third kappa shape index (κ3) is 2.58. The van der Waals surface area contributed by atoms with Gasteiger partial charge in [0.1, 0.15) is 0 Å². The summed E-state index contributed by atoms with van der Waals surface area (Å²) >= 11 is 0. The molecule has 2 heterocycles. The normalized spacial score (nSPS) is 16.6. The molecule has 4 nitrogen and oxygen atoms in total. The molecule has 0 aliphatic carbocycles. The Morgan fingerprint density at radius 3 is 2.88 bits per heavy atom. The Morgan fingerprint density at radius 1 is 1.31 bits per heavy atom. The molecule has 1 aromatic rings. The van der Waals surface area contributed by atoms with E-state index in [1.165, 1.54) is 0 Å². The summed E-state index contributed by atoms with van der Waals surface area (Å²) in [5.41, 5.74) is 7.64. The van der Waals surface area contributed by atoms with Crippen LogP contribution in [0.25, 0.3) is 0 Å². The molecule has 0 atom stereocenters. The lowest BCUT2D eigenvalue weighted by Crippen LogP contribution is -2.34. The molecule has 1 amide bonds. The SMILES string of the molecule is NCc1cncc(CN2CCCCC2=O)c1. The van der Waals surface area contributed by atoms with Gasteiger partial charge >= 0.3 is 0 Å². The van der Waals surface area contributed by atoms with Crippen molar-refractivity contribution in [2.75, 3.05) is 6.54 Å². The number of carbonyl (C=O) groups is 1. The zero-order chi connectivity index (χ0) is 11.4. The Bertz CT molecular complexity index is 378. The molecule has 0 aromatic carbocycles. The van der Waals surface area contributed by atoms with E-state index >= 15 is 0 Å². The van der Waals surface area contributed by atoms with Crippen LogP contribution in [0.5, 0.6) is 0 Å². The summed E-state index contributed by atoms with van der Waals surface area (Å²) in [6, 6.07) is 2.02. The molecule has 1 aliphatic rings. The van der Waals surface area contributed by atoms with Gasteiger partial charge < -0.3 is 10.6 Å². The lowest BCUT2D eigenvalue weighted by atomic mass is 10.1. The summed E-state index contributed by atoms with van der Waals surface area (Å²) in [5.74, 6) is 0.254. The third-order valence-electron chi connectivity index (χ3n) is 2.88. The Balaban J connectivity index is 2.04. The fraction of sp³-hybridized carbons (Fsp3) is 0.500. The highest BCUT2D eigenvalue weighted by atomic mass is 16.2. The predicted molar refractivity (Wildman–Crippen MR) is 61.4 cm³/mol. The average molecular weight is 219 g/mol. The van der Waals surface area contributed by atoms with Gasteiger partial charge in [-0.15, -0.1) is 0 Å². The second-order valence-corrected chi connectivity index (χ2v) is 4.18. The number of likely N-dealkylation sites (tertiary alicyclic amines) is 1. The number of carbonyl (C=O) groups excluding carboxylic acids is 1. The first kappa shape index (κ1) is 11.1. The van der Waals surface area contributed by atoms with E-state index in [-0.39, 0.29) is 5.91 Å². The van der Waals surface area contributed by atoms with Gasteiger partial charge in [-0.2, -0.15) is 0 Å². The van der Waals surface area contributed by atoms with Crippen molar-refractivity contribution in [2.45, 2.75) is 32.4 Å². The molecule has 1 fully saturated rings. The van der Waals surface area contributed by atoms with Gasteiger partial charge in [-0.1, -0.05) is 0 Å². The molecule has 0 radical (unpaired) electrons. The highest BCUT2D eigenvalue weighted by Crippen LogP contribution is 2.14.